The molecule has 1 aromatic rings. The molecule has 1 aliphatic rings. The number of carboxylic acids is 1. The normalized spacial score (nSPS) is 26.0. The number of aromatic carboxylic acids is 1. The van der Waals surface area contributed by atoms with E-state index in [-0.39, 0.29) is 17.1 Å². The van der Waals surface area contributed by atoms with Crippen LogP contribution in [0.4, 0.5) is 0 Å². The number of hydrogen-bond acceptors (Lipinski definition) is 3. The minimum Gasteiger partial charge on any atom is -0.477 e. The van der Waals surface area contributed by atoms with Crippen molar-refractivity contribution in [2.24, 2.45) is 5.92 Å². The van der Waals surface area contributed by atoms with Gasteiger partial charge in [-0.1, -0.05) is 6.92 Å². The van der Waals surface area contributed by atoms with Crippen LogP contribution in [-0.4, -0.2) is 27.5 Å². The van der Waals surface area contributed by atoms with Gasteiger partial charge in [0.15, 0.2) is 0 Å². The molecule has 0 unspecified atom stereocenters. The highest BCUT2D eigenvalue weighted by Crippen LogP contribution is 2.31. The van der Waals surface area contributed by atoms with Crippen molar-refractivity contribution in [1.82, 2.24) is 10.3 Å². The highest BCUT2D eigenvalue weighted by Gasteiger charge is 2.31. The van der Waals surface area contributed by atoms with Gasteiger partial charge < -0.3 is 10.4 Å². The van der Waals surface area contributed by atoms with E-state index < -0.39 is 5.97 Å². The summed E-state index contributed by atoms with van der Waals surface area (Å²) in [6, 6.07) is 2.85. The first-order valence-electron chi connectivity index (χ1n) is 6.91. The van der Waals surface area contributed by atoms with Crippen LogP contribution >= 0.6 is 0 Å². The summed E-state index contributed by atoms with van der Waals surface area (Å²) in [4.78, 5) is 26.7. The minimum absolute atomic E-state index is 0.0562. The highest BCUT2D eigenvalue weighted by molar-refractivity contribution is 5.95. The Morgan fingerprint density at radius 1 is 1.35 bits per heavy atom. The summed E-state index contributed by atoms with van der Waals surface area (Å²) < 4.78 is 0. The molecule has 5 nitrogen and oxygen atoms in total. The Kier molecular flexibility index (Phi) is 4.06. The number of carboxylic acid groups (broad SMARTS) is 1. The number of nitrogens with zero attached hydrogens (tertiary/aromatic N) is 1. The lowest BCUT2D eigenvalue weighted by molar-refractivity contribution is 0.0689. The van der Waals surface area contributed by atoms with Crippen LogP contribution in [0.25, 0.3) is 0 Å². The van der Waals surface area contributed by atoms with Gasteiger partial charge in [-0.2, -0.15) is 0 Å². The lowest BCUT2D eigenvalue weighted by Crippen LogP contribution is -2.48. The zero-order valence-electron chi connectivity index (χ0n) is 11.8. The fourth-order valence-corrected chi connectivity index (χ4v) is 2.53. The lowest BCUT2D eigenvalue weighted by Gasteiger charge is -2.37. The summed E-state index contributed by atoms with van der Waals surface area (Å²) in [7, 11) is 0. The molecule has 2 N–H and O–H groups in total. The molecule has 108 valence electrons. The first-order chi connectivity index (χ1) is 9.39. The first-order valence-corrected chi connectivity index (χ1v) is 6.91. The fraction of sp³-hybridized carbons (Fsp3) is 0.533. The van der Waals surface area contributed by atoms with E-state index in [1.807, 2.05) is 0 Å². The SMILES string of the molecule is CC1CCC(C)(NC(=O)c2ccc(C(=O)O)nc2)CC1. The predicted molar refractivity (Wildman–Crippen MR) is 74.7 cm³/mol. The van der Waals surface area contributed by atoms with Crippen molar-refractivity contribution in [3.8, 4) is 0 Å². The van der Waals surface area contributed by atoms with Gasteiger partial charge in [0.05, 0.1) is 5.56 Å². The number of hydrogen-bond donors (Lipinski definition) is 2. The Morgan fingerprint density at radius 2 is 2.00 bits per heavy atom. The Morgan fingerprint density at radius 3 is 2.50 bits per heavy atom. The quantitative estimate of drug-likeness (QED) is 0.889. The summed E-state index contributed by atoms with van der Waals surface area (Å²) in [5.74, 6) is -0.562. The largest absolute Gasteiger partial charge is 0.477 e. The van der Waals surface area contributed by atoms with Crippen LogP contribution in [0.15, 0.2) is 18.3 Å². The van der Waals surface area contributed by atoms with Crippen LogP contribution in [0, 0.1) is 5.92 Å². The third kappa shape index (κ3) is 3.35. The second-order valence-electron chi connectivity index (χ2n) is 5.93. The van der Waals surface area contributed by atoms with E-state index in [1.165, 1.54) is 18.3 Å². The van der Waals surface area contributed by atoms with Gasteiger partial charge in [-0.05, 0) is 50.7 Å². The average molecular weight is 276 g/mol. The van der Waals surface area contributed by atoms with Crippen molar-refractivity contribution in [3.63, 3.8) is 0 Å². The van der Waals surface area contributed by atoms with E-state index in [1.54, 1.807) is 0 Å². The van der Waals surface area contributed by atoms with E-state index in [4.69, 9.17) is 5.11 Å². The molecular formula is C15H20N2O3. The average Bonchev–Trinajstić information content (AvgIpc) is 2.42. The summed E-state index contributed by atoms with van der Waals surface area (Å²) >= 11 is 0. The molecule has 1 aromatic heterocycles. The van der Waals surface area contributed by atoms with Crippen molar-refractivity contribution in [2.45, 2.75) is 45.1 Å². The monoisotopic (exact) mass is 276 g/mol. The summed E-state index contributed by atoms with van der Waals surface area (Å²) in [6.07, 6.45) is 5.49. The molecule has 0 aromatic carbocycles. The van der Waals surface area contributed by atoms with Crippen molar-refractivity contribution < 1.29 is 14.7 Å². The van der Waals surface area contributed by atoms with E-state index >= 15 is 0 Å². The second-order valence-corrected chi connectivity index (χ2v) is 5.93. The van der Waals surface area contributed by atoms with Crippen LogP contribution in [0.1, 0.15) is 60.4 Å². The first kappa shape index (κ1) is 14.5. The van der Waals surface area contributed by atoms with Crippen molar-refractivity contribution in [3.05, 3.63) is 29.6 Å². The molecule has 20 heavy (non-hydrogen) atoms. The lowest BCUT2D eigenvalue weighted by atomic mass is 9.78. The highest BCUT2D eigenvalue weighted by atomic mass is 16.4. The molecule has 1 amide bonds. The maximum Gasteiger partial charge on any atom is 0.354 e. The number of aromatic nitrogens is 1. The van der Waals surface area contributed by atoms with Crippen molar-refractivity contribution >= 4 is 11.9 Å². The Bertz CT molecular complexity index is 502. The molecule has 1 aliphatic carbocycles. The molecule has 5 heteroatoms. The van der Waals surface area contributed by atoms with Crippen LogP contribution in [0.3, 0.4) is 0 Å². The predicted octanol–water partition coefficient (Wildman–Crippen LogP) is 2.48. The van der Waals surface area contributed by atoms with Crippen molar-refractivity contribution in [2.75, 3.05) is 0 Å². The molecule has 1 fully saturated rings. The van der Waals surface area contributed by atoms with Gasteiger partial charge in [0.25, 0.3) is 5.91 Å². The number of carbonyl (C=O) groups excluding carboxylic acids is 1. The van der Waals surface area contributed by atoms with Crippen LogP contribution in [0.5, 0.6) is 0 Å². The van der Waals surface area contributed by atoms with E-state index in [0.717, 1.165) is 31.6 Å². The molecule has 0 spiro atoms. The zero-order chi connectivity index (χ0) is 14.8. The van der Waals surface area contributed by atoms with Gasteiger partial charge in [0, 0.05) is 11.7 Å². The maximum atomic E-state index is 12.2. The molecule has 2 rings (SSSR count). The second kappa shape index (κ2) is 5.61. The van der Waals surface area contributed by atoms with E-state index in [9.17, 15) is 9.59 Å². The van der Waals surface area contributed by atoms with Gasteiger partial charge in [0.1, 0.15) is 5.69 Å². The topological polar surface area (TPSA) is 79.3 Å². The Hall–Kier alpha value is -1.91. The third-order valence-corrected chi connectivity index (χ3v) is 4.04. The molecule has 0 saturated heterocycles. The molecule has 0 radical (unpaired) electrons. The Balaban J connectivity index is 2.02. The fourth-order valence-electron chi connectivity index (χ4n) is 2.53. The van der Waals surface area contributed by atoms with E-state index in [0.29, 0.717) is 5.56 Å². The maximum absolute atomic E-state index is 12.2. The standard InChI is InChI=1S/C15H20N2O3/c1-10-5-7-15(2,8-6-10)17-13(18)11-3-4-12(14(19)20)16-9-11/h3-4,9-10H,5-8H2,1-2H3,(H,17,18)(H,19,20). The number of carbonyl (C=O) groups is 2. The van der Waals surface area contributed by atoms with Gasteiger partial charge in [-0.15, -0.1) is 0 Å². The van der Waals surface area contributed by atoms with Crippen LogP contribution < -0.4 is 5.32 Å². The molecule has 1 saturated carbocycles. The zero-order valence-corrected chi connectivity index (χ0v) is 11.8. The number of pyridine rings is 1. The molecular weight excluding hydrogens is 256 g/mol. The third-order valence-electron chi connectivity index (χ3n) is 4.04. The minimum atomic E-state index is -1.09. The summed E-state index contributed by atoms with van der Waals surface area (Å²) in [6.45, 7) is 4.30. The van der Waals surface area contributed by atoms with Crippen LogP contribution in [-0.2, 0) is 0 Å². The number of nitrogens with one attached hydrogen (secondary N) is 1. The van der Waals surface area contributed by atoms with Gasteiger partial charge in [0.2, 0.25) is 0 Å². The number of amides is 1. The molecule has 0 aliphatic heterocycles. The molecule has 0 bridgehead atoms. The van der Waals surface area contributed by atoms with Crippen molar-refractivity contribution in [1.29, 1.82) is 0 Å². The molecule has 1 heterocycles. The summed E-state index contributed by atoms with van der Waals surface area (Å²) in [5.41, 5.74) is 0.170. The number of rotatable bonds is 3. The van der Waals surface area contributed by atoms with Gasteiger partial charge >= 0.3 is 5.97 Å². The van der Waals surface area contributed by atoms with Gasteiger partial charge in [-0.25, -0.2) is 9.78 Å². The van der Waals surface area contributed by atoms with E-state index in [2.05, 4.69) is 24.1 Å². The van der Waals surface area contributed by atoms with Gasteiger partial charge in [-0.3, -0.25) is 4.79 Å². The smallest absolute Gasteiger partial charge is 0.354 e. The Labute approximate surface area is 118 Å². The van der Waals surface area contributed by atoms with Crippen LogP contribution in [0.2, 0.25) is 0 Å². The summed E-state index contributed by atoms with van der Waals surface area (Å²) in [5, 5.41) is 11.8. The molecule has 0 atom stereocenters.